The summed E-state index contributed by atoms with van der Waals surface area (Å²) in [5, 5.41) is 9.11. The molecular formula is C21H30N2O3. The predicted octanol–water partition coefficient (Wildman–Crippen LogP) is 4.53. The lowest BCUT2D eigenvalue weighted by atomic mass is 9.88. The Morgan fingerprint density at radius 3 is 2.73 bits per heavy atom. The fourth-order valence-electron chi connectivity index (χ4n) is 3.32. The van der Waals surface area contributed by atoms with Crippen molar-refractivity contribution in [2.75, 3.05) is 19.7 Å². The maximum atomic E-state index is 12.3. The van der Waals surface area contributed by atoms with Gasteiger partial charge < -0.3 is 14.4 Å². The summed E-state index contributed by atoms with van der Waals surface area (Å²) in [4.78, 5) is 14.2. The highest BCUT2D eigenvalue weighted by Crippen LogP contribution is 2.26. The Kier molecular flexibility index (Phi) is 6.52. The number of benzene rings is 1. The summed E-state index contributed by atoms with van der Waals surface area (Å²) in [6, 6.07) is 7.76. The third kappa shape index (κ3) is 5.94. The van der Waals surface area contributed by atoms with E-state index in [0.717, 1.165) is 30.7 Å². The second-order valence-corrected chi connectivity index (χ2v) is 8.32. The van der Waals surface area contributed by atoms with Gasteiger partial charge in [0, 0.05) is 13.1 Å². The molecule has 0 radical (unpaired) electrons. The second-order valence-electron chi connectivity index (χ2n) is 8.32. The van der Waals surface area contributed by atoms with E-state index in [9.17, 15) is 4.79 Å². The number of hydrogen-bond donors (Lipinski definition) is 0. The quantitative estimate of drug-likeness (QED) is 0.793. The van der Waals surface area contributed by atoms with E-state index in [-0.39, 0.29) is 6.09 Å². The molecule has 1 heterocycles. The molecule has 5 nitrogen and oxygen atoms in total. The third-order valence-corrected chi connectivity index (χ3v) is 4.52. The molecule has 0 aliphatic carbocycles. The summed E-state index contributed by atoms with van der Waals surface area (Å²) < 4.78 is 11.3. The Bertz CT molecular complexity index is 673. The second kappa shape index (κ2) is 8.44. The molecule has 2 atom stereocenters. The molecule has 5 heteroatoms. The number of rotatable bonds is 4. The van der Waals surface area contributed by atoms with Crippen LogP contribution >= 0.6 is 0 Å². The van der Waals surface area contributed by atoms with Crippen molar-refractivity contribution in [1.29, 1.82) is 5.26 Å². The molecule has 1 aromatic rings. The van der Waals surface area contributed by atoms with E-state index in [1.54, 1.807) is 6.07 Å². The van der Waals surface area contributed by atoms with Crippen LogP contribution in [0.25, 0.3) is 0 Å². The predicted molar refractivity (Wildman–Crippen MR) is 101 cm³/mol. The normalized spacial score (nSPS) is 20.4. The number of piperidine rings is 1. The van der Waals surface area contributed by atoms with Crippen LogP contribution in [-0.2, 0) is 4.74 Å². The number of carbonyl (C=O) groups excluding carboxylic acids is 1. The molecule has 1 saturated heterocycles. The van der Waals surface area contributed by atoms with Gasteiger partial charge in [0.05, 0.1) is 18.2 Å². The topological polar surface area (TPSA) is 62.6 Å². The van der Waals surface area contributed by atoms with Crippen LogP contribution in [0.3, 0.4) is 0 Å². The standard InChI is InChI=1S/C21H30N2O3/c1-15-10-17(14-23(13-15)20(24)26-21(3,4)5)8-9-25-19-7-6-16(2)18(11-19)12-22/h6-7,11,15,17H,8-10,13-14H2,1-5H3. The van der Waals surface area contributed by atoms with Crippen molar-refractivity contribution >= 4 is 6.09 Å². The molecule has 2 rings (SSSR count). The fourth-order valence-corrected chi connectivity index (χ4v) is 3.32. The fraction of sp³-hybridized carbons (Fsp3) is 0.619. The number of ether oxygens (including phenoxy) is 2. The number of likely N-dealkylation sites (tertiary alicyclic amines) is 1. The highest BCUT2D eigenvalue weighted by Gasteiger charge is 2.30. The Morgan fingerprint density at radius 1 is 1.35 bits per heavy atom. The van der Waals surface area contributed by atoms with Crippen molar-refractivity contribution in [2.45, 2.75) is 53.1 Å². The van der Waals surface area contributed by atoms with E-state index in [2.05, 4.69) is 13.0 Å². The molecule has 0 saturated carbocycles. The molecule has 26 heavy (non-hydrogen) atoms. The zero-order valence-corrected chi connectivity index (χ0v) is 16.5. The first-order valence-corrected chi connectivity index (χ1v) is 9.29. The molecule has 0 bridgehead atoms. The van der Waals surface area contributed by atoms with Crippen molar-refractivity contribution in [1.82, 2.24) is 4.90 Å². The monoisotopic (exact) mass is 358 g/mol. The summed E-state index contributed by atoms with van der Waals surface area (Å²) in [5.41, 5.74) is 1.12. The molecule has 1 aliphatic heterocycles. The van der Waals surface area contributed by atoms with Crippen LogP contribution in [0.5, 0.6) is 5.75 Å². The van der Waals surface area contributed by atoms with Gasteiger partial charge in [0.25, 0.3) is 0 Å². The van der Waals surface area contributed by atoms with Crippen LogP contribution in [0.15, 0.2) is 18.2 Å². The van der Waals surface area contributed by atoms with E-state index >= 15 is 0 Å². The van der Waals surface area contributed by atoms with E-state index in [0.29, 0.717) is 30.6 Å². The average molecular weight is 358 g/mol. The maximum absolute atomic E-state index is 12.3. The molecule has 142 valence electrons. The lowest BCUT2D eigenvalue weighted by Gasteiger charge is -2.37. The molecule has 2 unspecified atom stereocenters. The zero-order valence-electron chi connectivity index (χ0n) is 16.5. The highest BCUT2D eigenvalue weighted by atomic mass is 16.6. The van der Waals surface area contributed by atoms with Crippen LogP contribution < -0.4 is 4.74 Å². The zero-order chi connectivity index (χ0) is 19.3. The van der Waals surface area contributed by atoms with Gasteiger partial charge in [-0.05, 0) is 70.1 Å². The number of hydrogen-bond acceptors (Lipinski definition) is 4. The number of carbonyl (C=O) groups is 1. The van der Waals surface area contributed by atoms with Crippen molar-refractivity contribution < 1.29 is 14.3 Å². The van der Waals surface area contributed by atoms with Crippen LogP contribution in [-0.4, -0.2) is 36.3 Å². The van der Waals surface area contributed by atoms with Crippen molar-refractivity contribution in [3.63, 3.8) is 0 Å². The van der Waals surface area contributed by atoms with E-state index < -0.39 is 5.60 Å². The smallest absolute Gasteiger partial charge is 0.410 e. The van der Waals surface area contributed by atoms with E-state index in [4.69, 9.17) is 14.7 Å². The molecular weight excluding hydrogens is 328 g/mol. The van der Waals surface area contributed by atoms with Gasteiger partial charge in [-0.1, -0.05) is 13.0 Å². The van der Waals surface area contributed by atoms with Crippen molar-refractivity contribution in [2.24, 2.45) is 11.8 Å². The van der Waals surface area contributed by atoms with Crippen molar-refractivity contribution in [3.8, 4) is 11.8 Å². The molecule has 0 N–H and O–H groups in total. The van der Waals surface area contributed by atoms with E-state index in [1.165, 1.54) is 0 Å². The van der Waals surface area contributed by atoms with Gasteiger partial charge >= 0.3 is 6.09 Å². The van der Waals surface area contributed by atoms with Gasteiger partial charge in [-0.3, -0.25) is 0 Å². The third-order valence-electron chi connectivity index (χ3n) is 4.52. The van der Waals surface area contributed by atoms with Crippen LogP contribution in [0.1, 0.15) is 51.7 Å². The van der Waals surface area contributed by atoms with Gasteiger partial charge in [0.1, 0.15) is 11.4 Å². The molecule has 1 fully saturated rings. The Hall–Kier alpha value is -2.22. The van der Waals surface area contributed by atoms with Gasteiger partial charge in [-0.2, -0.15) is 5.26 Å². The summed E-state index contributed by atoms with van der Waals surface area (Å²) in [7, 11) is 0. The van der Waals surface area contributed by atoms with Crippen molar-refractivity contribution in [3.05, 3.63) is 29.3 Å². The average Bonchev–Trinajstić information content (AvgIpc) is 2.54. The number of amides is 1. The van der Waals surface area contributed by atoms with E-state index in [1.807, 2.05) is 44.7 Å². The molecule has 1 aromatic carbocycles. The SMILES string of the molecule is Cc1ccc(OCCC2CC(C)CN(C(=O)OC(C)(C)C)C2)cc1C#N. The largest absolute Gasteiger partial charge is 0.494 e. The number of aryl methyl sites for hydroxylation is 1. The van der Waals surface area contributed by atoms with Crippen LogP contribution in [0.4, 0.5) is 4.79 Å². The van der Waals surface area contributed by atoms with Gasteiger partial charge in [-0.25, -0.2) is 4.79 Å². The van der Waals surface area contributed by atoms with Crippen LogP contribution in [0.2, 0.25) is 0 Å². The Balaban J connectivity index is 1.87. The summed E-state index contributed by atoms with van der Waals surface area (Å²) in [6.45, 7) is 11.8. The molecule has 1 aliphatic rings. The highest BCUT2D eigenvalue weighted by molar-refractivity contribution is 5.68. The summed E-state index contributed by atoms with van der Waals surface area (Å²) in [6.07, 6.45) is 1.73. The van der Waals surface area contributed by atoms with Gasteiger partial charge in [0.15, 0.2) is 0 Å². The van der Waals surface area contributed by atoms with Crippen LogP contribution in [0, 0.1) is 30.1 Å². The lowest BCUT2D eigenvalue weighted by Crippen LogP contribution is -2.45. The lowest BCUT2D eigenvalue weighted by molar-refractivity contribution is 0.00936. The first kappa shape index (κ1) is 20.1. The maximum Gasteiger partial charge on any atom is 0.410 e. The minimum Gasteiger partial charge on any atom is -0.494 e. The molecule has 0 spiro atoms. The molecule has 0 aromatic heterocycles. The summed E-state index contributed by atoms with van der Waals surface area (Å²) >= 11 is 0. The number of nitrogens with zero attached hydrogens (tertiary/aromatic N) is 2. The summed E-state index contributed by atoms with van der Waals surface area (Å²) in [5.74, 6) is 1.57. The first-order valence-electron chi connectivity index (χ1n) is 9.29. The number of nitriles is 1. The van der Waals surface area contributed by atoms with Gasteiger partial charge in [-0.15, -0.1) is 0 Å². The minimum absolute atomic E-state index is 0.229. The molecule has 1 amide bonds. The Morgan fingerprint density at radius 2 is 2.08 bits per heavy atom. The first-order chi connectivity index (χ1) is 12.2. The minimum atomic E-state index is -0.472. The van der Waals surface area contributed by atoms with Gasteiger partial charge in [0.2, 0.25) is 0 Å². The Labute approximate surface area is 156 Å².